The van der Waals surface area contributed by atoms with Crippen LogP contribution in [-0.2, 0) is 13.0 Å². The summed E-state index contributed by atoms with van der Waals surface area (Å²) in [6.07, 6.45) is 4.78. The Kier molecular flexibility index (Phi) is 6.37. The lowest BCUT2D eigenvalue weighted by Crippen LogP contribution is -2.56. The molecule has 1 saturated heterocycles. The third-order valence-corrected chi connectivity index (χ3v) is 6.47. The fourth-order valence-corrected chi connectivity index (χ4v) is 4.61. The fourth-order valence-electron chi connectivity index (χ4n) is 4.61. The van der Waals surface area contributed by atoms with Crippen LogP contribution in [0, 0.1) is 11.3 Å². The van der Waals surface area contributed by atoms with Gasteiger partial charge in [0.05, 0.1) is 18.9 Å². The first-order valence-electron chi connectivity index (χ1n) is 11.0. The minimum atomic E-state index is -0.695. The van der Waals surface area contributed by atoms with Gasteiger partial charge in [-0.15, -0.1) is 4.48 Å². The molecular formula is C23H27N6O4+. The number of aromatic nitrogens is 2. The summed E-state index contributed by atoms with van der Waals surface area (Å²) in [7, 11) is 2.05. The number of pyridine rings is 2. The summed E-state index contributed by atoms with van der Waals surface area (Å²) in [5.74, 6) is 0.951. The first-order chi connectivity index (χ1) is 15.9. The highest BCUT2D eigenvalue weighted by Gasteiger charge is 2.48. The van der Waals surface area contributed by atoms with Crippen molar-refractivity contribution in [1.82, 2.24) is 19.4 Å². The first kappa shape index (κ1) is 22.8. The second-order valence-electron chi connectivity index (χ2n) is 8.54. The van der Waals surface area contributed by atoms with E-state index in [1.54, 1.807) is 12.1 Å². The number of likely N-dealkylation sites (tertiary alicyclic amines) is 1. The van der Waals surface area contributed by atoms with Gasteiger partial charge in [0.15, 0.2) is 6.29 Å². The molecule has 2 aliphatic heterocycles. The number of ether oxygens (including phenoxy) is 1. The van der Waals surface area contributed by atoms with Gasteiger partial charge in [0.1, 0.15) is 35.7 Å². The molecular weight excluding hydrogens is 424 g/mol. The largest absolute Gasteiger partial charge is 0.489 e. The average molecular weight is 452 g/mol. The Morgan fingerprint density at radius 2 is 2.18 bits per heavy atom. The number of aryl methyl sites for hydroxylation is 1. The number of nitrogens with zero attached hydrogens (tertiary/aromatic N) is 5. The summed E-state index contributed by atoms with van der Waals surface area (Å²) in [5, 5.41) is 19.2. The Labute approximate surface area is 191 Å². The molecule has 0 aliphatic carbocycles. The molecule has 0 saturated carbocycles. The van der Waals surface area contributed by atoms with E-state index < -0.39 is 10.5 Å². The fraction of sp³-hybridized carbons (Fsp3) is 0.435. The smallest absolute Gasteiger partial charge is 0.426 e. The van der Waals surface area contributed by atoms with E-state index in [4.69, 9.17) is 10.5 Å². The third-order valence-electron chi connectivity index (χ3n) is 6.47. The lowest BCUT2D eigenvalue weighted by Gasteiger charge is -2.36. The summed E-state index contributed by atoms with van der Waals surface area (Å²) >= 11 is 0. The lowest BCUT2D eigenvalue weighted by atomic mass is 9.99. The van der Waals surface area contributed by atoms with Crippen molar-refractivity contribution in [1.29, 1.82) is 5.26 Å². The van der Waals surface area contributed by atoms with Crippen molar-refractivity contribution in [3.8, 4) is 11.8 Å². The van der Waals surface area contributed by atoms with Crippen LogP contribution in [0.15, 0.2) is 18.3 Å². The monoisotopic (exact) mass is 451 g/mol. The van der Waals surface area contributed by atoms with Crippen LogP contribution in [0.4, 0.5) is 16.4 Å². The number of hydrogen-bond donors (Lipinski definition) is 2. The molecule has 2 aromatic rings. The zero-order valence-corrected chi connectivity index (χ0v) is 18.5. The molecule has 2 aliphatic rings. The van der Waals surface area contributed by atoms with Gasteiger partial charge in [-0.05, 0) is 32.4 Å². The molecule has 1 unspecified atom stereocenters. The van der Waals surface area contributed by atoms with Crippen LogP contribution >= 0.6 is 0 Å². The van der Waals surface area contributed by atoms with Gasteiger partial charge in [-0.3, -0.25) is 4.79 Å². The van der Waals surface area contributed by atoms with E-state index in [-0.39, 0.29) is 29.8 Å². The number of nitrogens with two attached hydrogens (primary N) is 1. The maximum absolute atomic E-state index is 13.0. The molecule has 0 radical (unpaired) electrons. The Balaban J connectivity index is 1.82. The van der Waals surface area contributed by atoms with Crippen molar-refractivity contribution in [2.24, 2.45) is 5.73 Å². The molecule has 33 heavy (non-hydrogen) atoms. The van der Waals surface area contributed by atoms with Gasteiger partial charge in [-0.25, -0.2) is 9.78 Å². The Bertz CT molecular complexity index is 1120. The van der Waals surface area contributed by atoms with Gasteiger partial charge in [-0.1, -0.05) is 0 Å². The van der Waals surface area contributed by atoms with Crippen LogP contribution in [0.1, 0.15) is 46.4 Å². The number of aliphatic hydroxyl groups excluding tert-OH is 1. The second kappa shape index (κ2) is 9.23. The van der Waals surface area contributed by atoms with E-state index in [0.717, 1.165) is 31.5 Å². The molecule has 1 fully saturated rings. The zero-order valence-electron chi connectivity index (χ0n) is 18.5. The molecule has 0 aromatic carbocycles. The van der Waals surface area contributed by atoms with Crippen molar-refractivity contribution in [3.05, 3.63) is 40.7 Å². The number of piperidine rings is 1. The first-order valence-corrected chi connectivity index (χ1v) is 11.0. The van der Waals surface area contributed by atoms with Gasteiger partial charge in [0, 0.05) is 30.6 Å². The van der Waals surface area contributed by atoms with E-state index in [1.165, 1.54) is 6.20 Å². The molecule has 2 amide bonds. The Hall–Kier alpha value is -3.39. The Morgan fingerprint density at radius 3 is 2.82 bits per heavy atom. The van der Waals surface area contributed by atoms with Crippen LogP contribution in [0.5, 0.6) is 5.75 Å². The molecule has 1 atom stereocenters. The average Bonchev–Trinajstić information content (AvgIpc) is 2.83. The van der Waals surface area contributed by atoms with Crippen molar-refractivity contribution >= 4 is 24.0 Å². The van der Waals surface area contributed by atoms with Gasteiger partial charge >= 0.3 is 6.03 Å². The van der Waals surface area contributed by atoms with E-state index in [9.17, 15) is 20.0 Å². The van der Waals surface area contributed by atoms with Crippen LogP contribution < -0.4 is 15.0 Å². The lowest BCUT2D eigenvalue weighted by molar-refractivity contribution is 0.111. The number of aldehydes is 1. The summed E-state index contributed by atoms with van der Waals surface area (Å²) in [5.41, 5.74) is 7.38. The summed E-state index contributed by atoms with van der Waals surface area (Å²) < 4.78 is 5.70. The van der Waals surface area contributed by atoms with E-state index in [1.807, 2.05) is 0 Å². The maximum Gasteiger partial charge on any atom is 0.426 e. The van der Waals surface area contributed by atoms with E-state index in [2.05, 4.69) is 28.0 Å². The number of carbonyl (C=O) groups excluding carboxylic acids is 2. The SMILES string of the molecule is CN1CCC(Oc2cc([N+]3(C(N)=O)CCCc4cc(CO)c(C=O)nc43)ncc2C#N)CC1. The molecule has 10 nitrogen and oxygen atoms in total. The minimum Gasteiger partial charge on any atom is -0.489 e. The van der Waals surface area contributed by atoms with Crippen LogP contribution in [0.2, 0.25) is 0 Å². The Morgan fingerprint density at radius 1 is 1.42 bits per heavy atom. The van der Waals surface area contributed by atoms with Crippen molar-refractivity contribution in [2.45, 2.75) is 38.4 Å². The van der Waals surface area contributed by atoms with Crippen LogP contribution in [0.25, 0.3) is 0 Å². The number of rotatable bonds is 5. The molecule has 10 heteroatoms. The van der Waals surface area contributed by atoms with Crippen molar-refractivity contribution in [3.63, 3.8) is 0 Å². The highest BCUT2D eigenvalue weighted by atomic mass is 16.5. The molecule has 0 spiro atoms. The normalized spacial score (nSPS) is 21.1. The van der Waals surface area contributed by atoms with Crippen molar-refractivity contribution < 1.29 is 19.4 Å². The van der Waals surface area contributed by atoms with Gasteiger partial charge in [-0.2, -0.15) is 10.2 Å². The topological polar surface area (TPSA) is 142 Å². The highest BCUT2D eigenvalue weighted by molar-refractivity contribution is 5.93. The molecule has 172 valence electrons. The van der Waals surface area contributed by atoms with Crippen LogP contribution in [-0.4, -0.2) is 65.1 Å². The number of fused-ring (bicyclic) bond motifs is 1. The number of aliphatic hydroxyl groups is 1. The minimum absolute atomic E-state index is 0.0499. The molecule has 3 N–H and O–H groups in total. The number of amides is 2. The maximum atomic E-state index is 13.0. The predicted molar refractivity (Wildman–Crippen MR) is 120 cm³/mol. The molecule has 0 bridgehead atoms. The predicted octanol–water partition coefficient (Wildman–Crippen LogP) is 1.79. The number of carbonyl (C=O) groups is 2. The second-order valence-corrected chi connectivity index (χ2v) is 8.54. The van der Waals surface area contributed by atoms with Gasteiger partial charge < -0.3 is 20.5 Å². The summed E-state index contributed by atoms with van der Waals surface area (Å²) in [6, 6.07) is 4.70. The quantitative estimate of drug-likeness (QED) is 0.517. The number of primary amides is 1. The van der Waals surface area contributed by atoms with Gasteiger partial charge in [0.2, 0.25) is 11.6 Å². The molecule has 2 aromatic heterocycles. The molecule has 4 rings (SSSR count). The number of quaternary nitrogens is 1. The van der Waals surface area contributed by atoms with E-state index in [0.29, 0.717) is 42.8 Å². The van der Waals surface area contributed by atoms with Gasteiger partial charge in [0.25, 0.3) is 0 Å². The van der Waals surface area contributed by atoms with Crippen molar-refractivity contribution in [2.75, 3.05) is 26.7 Å². The van der Waals surface area contributed by atoms with E-state index >= 15 is 0 Å². The zero-order chi connectivity index (χ0) is 23.6. The van der Waals surface area contributed by atoms with Crippen LogP contribution in [0.3, 0.4) is 0 Å². The highest BCUT2D eigenvalue weighted by Crippen LogP contribution is 2.41. The standard InChI is InChI=1S/C23H26N6O4/c1-28-6-4-18(5-7-28)33-20-10-21(26-12-17(20)11-24)29(23(25)32)8-2-3-15-9-16(13-30)19(14-31)27-22(15)29/h9-10,12,14,18,30H,2-8,13H2,1H3,(H-,25,32)/p+1. The number of nitriles is 1. The number of hydrogen-bond acceptors (Lipinski definition) is 8. The third kappa shape index (κ3) is 4.06. The number of urea groups is 1. The summed E-state index contributed by atoms with van der Waals surface area (Å²) in [6.45, 7) is 1.75. The summed E-state index contributed by atoms with van der Waals surface area (Å²) in [4.78, 5) is 35.6. The molecule has 4 heterocycles.